The highest BCUT2D eigenvalue weighted by molar-refractivity contribution is 6.33. The van der Waals surface area contributed by atoms with Gasteiger partial charge in [0, 0.05) is 37.0 Å². The van der Waals surface area contributed by atoms with Gasteiger partial charge >= 0.3 is 0 Å². The van der Waals surface area contributed by atoms with E-state index < -0.39 is 0 Å². The standard InChI is InChI=1S/C27H29ClN4O3/c1-3-8-25(33)30-22-13-14-23(28)24(16-22)29-17-26(34)31-21-12-7-11-20(15-21)27(35)32(2)18-19-9-5-4-6-10-19/h4-7,9-16,29H,3,8,17-18H2,1-2H3,(H,30,33)(H,31,34). The first-order chi connectivity index (χ1) is 16.9. The zero-order valence-corrected chi connectivity index (χ0v) is 20.6. The number of rotatable bonds is 10. The van der Waals surface area contributed by atoms with Gasteiger partial charge in [0.15, 0.2) is 0 Å². The Morgan fingerprint density at radius 3 is 2.31 bits per heavy atom. The van der Waals surface area contributed by atoms with Crippen LogP contribution in [0.15, 0.2) is 72.8 Å². The third-order valence-electron chi connectivity index (χ3n) is 5.17. The van der Waals surface area contributed by atoms with Crippen molar-refractivity contribution in [3.05, 3.63) is 88.9 Å². The molecular weight excluding hydrogens is 464 g/mol. The maximum atomic E-state index is 12.8. The molecule has 35 heavy (non-hydrogen) atoms. The Kier molecular flexibility index (Phi) is 9.26. The average Bonchev–Trinajstić information content (AvgIpc) is 2.84. The Labute approximate surface area is 210 Å². The molecule has 182 valence electrons. The Morgan fingerprint density at radius 1 is 0.857 bits per heavy atom. The van der Waals surface area contributed by atoms with Crippen LogP contribution in [-0.4, -0.2) is 36.2 Å². The van der Waals surface area contributed by atoms with Crippen molar-refractivity contribution in [2.45, 2.75) is 26.3 Å². The van der Waals surface area contributed by atoms with Gasteiger partial charge in [-0.1, -0.05) is 54.9 Å². The number of carbonyl (C=O) groups excluding carboxylic acids is 3. The molecule has 3 amide bonds. The summed E-state index contributed by atoms with van der Waals surface area (Å²) in [6.45, 7) is 2.37. The summed E-state index contributed by atoms with van der Waals surface area (Å²) < 4.78 is 0. The van der Waals surface area contributed by atoms with Crippen LogP contribution < -0.4 is 16.0 Å². The van der Waals surface area contributed by atoms with Crippen molar-refractivity contribution >= 4 is 46.4 Å². The highest BCUT2D eigenvalue weighted by atomic mass is 35.5. The number of hydrogen-bond donors (Lipinski definition) is 3. The van der Waals surface area contributed by atoms with E-state index >= 15 is 0 Å². The molecule has 0 unspecified atom stereocenters. The zero-order valence-electron chi connectivity index (χ0n) is 19.8. The Balaban J connectivity index is 1.57. The third kappa shape index (κ3) is 7.86. The van der Waals surface area contributed by atoms with Crippen molar-refractivity contribution in [3.63, 3.8) is 0 Å². The van der Waals surface area contributed by atoms with E-state index in [9.17, 15) is 14.4 Å². The quantitative estimate of drug-likeness (QED) is 0.353. The van der Waals surface area contributed by atoms with Crippen LogP contribution in [-0.2, 0) is 16.1 Å². The normalized spacial score (nSPS) is 10.4. The maximum absolute atomic E-state index is 12.8. The van der Waals surface area contributed by atoms with Crippen LogP contribution in [0.3, 0.4) is 0 Å². The summed E-state index contributed by atoms with van der Waals surface area (Å²) in [5.74, 6) is -0.525. The van der Waals surface area contributed by atoms with Gasteiger partial charge in [-0.2, -0.15) is 0 Å². The SMILES string of the molecule is CCCC(=O)Nc1ccc(Cl)c(NCC(=O)Nc2cccc(C(=O)N(C)Cc3ccccc3)c2)c1. The summed E-state index contributed by atoms with van der Waals surface area (Å²) >= 11 is 6.23. The van der Waals surface area contributed by atoms with Crippen LogP contribution >= 0.6 is 11.6 Å². The highest BCUT2D eigenvalue weighted by Gasteiger charge is 2.13. The molecule has 0 radical (unpaired) electrons. The molecule has 3 rings (SSSR count). The first-order valence-corrected chi connectivity index (χ1v) is 11.8. The van der Waals surface area contributed by atoms with E-state index in [1.54, 1.807) is 54.4 Å². The number of carbonyl (C=O) groups is 3. The fourth-order valence-electron chi connectivity index (χ4n) is 3.45. The molecule has 0 saturated heterocycles. The van der Waals surface area contributed by atoms with Crippen molar-refractivity contribution in [1.82, 2.24) is 4.90 Å². The second kappa shape index (κ2) is 12.6. The topological polar surface area (TPSA) is 90.5 Å². The van der Waals surface area contributed by atoms with Crippen molar-refractivity contribution in [1.29, 1.82) is 0 Å². The lowest BCUT2D eigenvalue weighted by Gasteiger charge is -2.18. The van der Waals surface area contributed by atoms with Crippen molar-refractivity contribution < 1.29 is 14.4 Å². The van der Waals surface area contributed by atoms with Crippen molar-refractivity contribution in [2.24, 2.45) is 0 Å². The van der Waals surface area contributed by atoms with Crippen LogP contribution in [0.4, 0.5) is 17.1 Å². The highest BCUT2D eigenvalue weighted by Crippen LogP contribution is 2.25. The van der Waals surface area contributed by atoms with Crippen LogP contribution in [0.25, 0.3) is 0 Å². The Morgan fingerprint density at radius 2 is 1.57 bits per heavy atom. The number of halogens is 1. The summed E-state index contributed by atoms with van der Waals surface area (Å²) in [4.78, 5) is 38.8. The minimum Gasteiger partial charge on any atom is -0.375 e. The van der Waals surface area contributed by atoms with Gasteiger partial charge < -0.3 is 20.9 Å². The summed E-state index contributed by atoms with van der Waals surface area (Å²) in [5.41, 5.74) is 3.16. The lowest BCUT2D eigenvalue weighted by Crippen LogP contribution is -2.26. The molecule has 0 aromatic heterocycles. The minimum absolute atomic E-state index is 0.0435. The number of nitrogens with one attached hydrogen (secondary N) is 3. The average molecular weight is 493 g/mol. The first kappa shape index (κ1) is 25.8. The lowest BCUT2D eigenvalue weighted by atomic mass is 10.1. The molecule has 0 aliphatic rings. The first-order valence-electron chi connectivity index (χ1n) is 11.4. The van der Waals surface area contributed by atoms with E-state index in [4.69, 9.17) is 11.6 Å². The predicted octanol–water partition coefficient (Wildman–Crippen LogP) is 5.40. The maximum Gasteiger partial charge on any atom is 0.253 e. The zero-order chi connectivity index (χ0) is 25.2. The van der Waals surface area contributed by atoms with E-state index in [0.717, 1.165) is 12.0 Å². The van der Waals surface area contributed by atoms with Gasteiger partial charge in [-0.3, -0.25) is 14.4 Å². The molecule has 0 atom stereocenters. The number of benzene rings is 3. The van der Waals surface area contributed by atoms with E-state index in [2.05, 4.69) is 16.0 Å². The number of nitrogens with zero attached hydrogens (tertiary/aromatic N) is 1. The van der Waals surface area contributed by atoms with E-state index in [-0.39, 0.29) is 24.3 Å². The molecule has 3 N–H and O–H groups in total. The fraction of sp³-hybridized carbons (Fsp3) is 0.222. The van der Waals surface area contributed by atoms with Crippen LogP contribution in [0, 0.1) is 0 Å². The molecule has 3 aromatic carbocycles. The molecule has 7 nitrogen and oxygen atoms in total. The Bertz CT molecular complexity index is 1180. The number of anilines is 3. The third-order valence-corrected chi connectivity index (χ3v) is 5.50. The van der Waals surface area contributed by atoms with Crippen LogP contribution in [0.5, 0.6) is 0 Å². The van der Waals surface area contributed by atoms with Crippen molar-refractivity contribution in [3.8, 4) is 0 Å². The number of hydrogen-bond acceptors (Lipinski definition) is 4. The van der Waals surface area contributed by atoms with Gasteiger partial charge in [0.2, 0.25) is 11.8 Å². The smallest absolute Gasteiger partial charge is 0.253 e. The van der Waals surface area contributed by atoms with Crippen molar-refractivity contribution in [2.75, 3.05) is 29.5 Å². The molecule has 3 aromatic rings. The monoisotopic (exact) mass is 492 g/mol. The molecule has 0 aliphatic heterocycles. The molecule has 0 spiro atoms. The summed E-state index contributed by atoms with van der Waals surface area (Å²) in [7, 11) is 1.74. The molecule has 0 aliphatic carbocycles. The van der Waals surface area contributed by atoms with Crippen LogP contribution in [0.1, 0.15) is 35.7 Å². The minimum atomic E-state index is -0.302. The molecule has 0 saturated carbocycles. The van der Waals surface area contributed by atoms with Gasteiger partial charge in [0.05, 0.1) is 17.3 Å². The fourth-order valence-corrected chi connectivity index (χ4v) is 3.63. The largest absolute Gasteiger partial charge is 0.375 e. The van der Waals surface area contributed by atoms with Gasteiger partial charge in [-0.15, -0.1) is 0 Å². The van der Waals surface area contributed by atoms with Gasteiger partial charge in [0.25, 0.3) is 5.91 Å². The summed E-state index contributed by atoms with van der Waals surface area (Å²) in [6, 6.07) is 21.6. The number of amides is 3. The van der Waals surface area contributed by atoms with E-state index in [0.29, 0.717) is 40.6 Å². The van der Waals surface area contributed by atoms with Gasteiger partial charge in [0.1, 0.15) is 0 Å². The lowest BCUT2D eigenvalue weighted by molar-refractivity contribution is -0.116. The second-order valence-corrected chi connectivity index (χ2v) is 8.53. The summed E-state index contributed by atoms with van der Waals surface area (Å²) in [5, 5.41) is 9.02. The predicted molar refractivity (Wildman–Crippen MR) is 141 cm³/mol. The van der Waals surface area contributed by atoms with Crippen LogP contribution in [0.2, 0.25) is 5.02 Å². The summed E-state index contributed by atoms with van der Waals surface area (Å²) in [6.07, 6.45) is 1.18. The van der Waals surface area contributed by atoms with E-state index in [1.807, 2.05) is 37.3 Å². The molecule has 0 bridgehead atoms. The molecule has 0 heterocycles. The second-order valence-electron chi connectivity index (χ2n) is 8.12. The van der Waals surface area contributed by atoms with Gasteiger partial charge in [-0.05, 0) is 48.4 Å². The molecule has 8 heteroatoms. The van der Waals surface area contributed by atoms with E-state index in [1.165, 1.54) is 0 Å². The van der Waals surface area contributed by atoms with Gasteiger partial charge in [-0.25, -0.2) is 0 Å². The Hall–Kier alpha value is -3.84. The molecular formula is C27H29ClN4O3. The molecule has 0 fully saturated rings.